The third-order valence-electron chi connectivity index (χ3n) is 16.2. The molecule has 0 heterocycles. The molecule has 4 aliphatic carbocycles. The average molecular weight is 1310 g/mol. The monoisotopic (exact) mass is 1300 g/mol. The van der Waals surface area contributed by atoms with Gasteiger partial charge >= 0.3 is 29.6 Å². The first kappa shape index (κ1) is 60.9. The van der Waals surface area contributed by atoms with Gasteiger partial charge in [0.05, 0.1) is 0 Å². The Bertz CT molecular complexity index is 2580. The van der Waals surface area contributed by atoms with Gasteiger partial charge in [0, 0.05) is 34.6 Å². The van der Waals surface area contributed by atoms with Crippen molar-refractivity contribution in [2.24, 2.45) is 0 Å². The molecule has 0 fully saturated rings. The maximum absolute atomic E-state index is 3.80. The van der Waals surface area contributed by atoms with E-state index in [0.717, 1.165) is 0 Å². The van der Waals surface area contributed by atoms with Crippen molar-refractivity contribution in [2.45, 2.75) is 186 Å². The minimum atomic E-state index is 0. The normalized spacial score (nSPS) is 13.7. The number of alkyl halides is 1. The molecule has 73 heavy (non-hydrogen) atoms. The Morgan fingerprint density at radius 2 is 0.808 bits per heavy atom. The molecule has 384 valence electrons. The zero-order chi connectivity index (χ0) is 49.6. The van der Waals surface area contributed by atoms with E-state index in [9.17, 15) is 0 Å². The minimum absolute atomic E-state index is 0. The van der Waals surface area contributed by atoms with Crippen LogP contribution >= 0.6 is 79.6 Å². The summed E-state index contributed by atoms with van der Waals surface area (Å²) in [5.74, 6) is 0.531. The Hall–Kier alpha value is -1.32. The van der Waals surface area contributed by atoms with E-state index in [2.05, 4.69) is 203 Å². The van der Waals surface area contributed by atoms with Crippen molar-refractivity contribution in [3.8, 4) is 22.3 Å². The number of unbranched alkanes of at least 4 members (excludes halogenated alkanes) is 12. The van der Waals surface area contributed by atoms with E-state index in [1.807, 2.05) is 0 Å². The number of rotatable bonds is 23. The van der Waals surface area contributed by atoms with Crippen molar-refractivity contribution in [3.63, 3.8) is 0 Å². The van der Waals surface area contributed by atoms with E-state index >= 15 is 0 Å². The van der Waals surface area contributed by atoms with Crippen LogP contribution in [0.1, 0.15) is 197 Å². The third-order valence-corrected chi connectivity index (χ3v) is 18.7. The summed E-state index contributed by atoms with van der Waals surface area (Å²) < 4.78 is 4.79. The molecular formula is C66H78Br5NaO. The maximum Gasteiger partial charge on any atom is 1.00 e. The largest absolute Gasteiger partial charge is 1.00 e. The Kier molecular flexibility index (Phi) is 25.6. The van der Waals surface area contributed by atoms with Crippen molar-refractivity contribution in [1.82, 2.24) is 0 Å². The summed E-state index contributed by atoms with van der Waals surface area (Å²) in [6.07, 6.45) is 32.7. The van der Waals surface area contributed by atoms with Gasteiger partial charge in [-0.15, -0.1) is 0 Å². The van der Waals surface area contributed by atoms with Gasteiger partial charge < -0.3 is 5.48 Å². The van der Waals surface area contributed by atoms with E-state index < -0.39 is 0 Å². The van der Waals surface area contributed by atoms with Crippen LogP contribution in [0.5, 0.6) is 0 Å². The van der Waals surface area contributed by atoms with Crippen LogP contribution in [0.2, 0.25) is 0 Å². The molecule has 6 aromatic carbocycles. The molecule has 0 spiro atoms. The van der Waals surface area contributed by atoms with Crippen molar-refractivity contribution < 1.29 is 35.0 Å². The van der Waals surface area contributed by atoms with E-state index in [0.29, 0.717) is 5.92 Å². The Balaban J connectivity index is 0.000000208. The van der Waals surface area contributed by atoms with E-state index in [1.54, 1.807) is 38.9 Å². The van der Waals surface area contributed by atoms with Crippen LogP contribution in [-0.2, 0) is 43.9 Å². The van der Waals surface area contributed by atoms with Crippen LogP contribution in [0.3, 0.4) is 0 Å². The number of aryl methyl sites for hydroxylation is 6. The van der Waals surface area contributed by atoms with Crippen LogP contribution in [0.25, 0.3) is 22.3 Å². The summed E-state index contributed by atoms with van der Waals surface area (Å²) >= 11 is 18.3. The van der Waals surface area contributed by atoms with Gasteiger partial charge in [-0.2, -0.15) is 0 Å². The fourth-order valence-corrected chi connectivity index (χ4v) is 13.9. The van der Waals surface area contributed by atoms with Gasteiger partial charge in [-0.3, -0.25) is 0 Å². The van der Waals surface area contributed by atoms with Crippen LogP contribution < -0.4 is 29.6 Å². The van der Waals surface area contributed by atoms with Crippen LogP contribution in [0.4, 0.5) is 0 Å². The maximum atomic E-state index is 3.80. The molecule has 0 saturated carbocycles. The second-order valence-corrected chi connectivity index (χ2v) is 25.6. The summed E-state index contributed by atoms with van der Waals surface area (Å²) in [5.41, 5.74) is 21.4. The summed E-state index contributed by atoms with van der Waals surface area (Å²) in [5, 5.41) is 1.17. The summed E-state index contributed by atoms with van der Waals surface area (Å²) in [6.45, 7) is 4.54. The van der Waals surface area contributed by atoms with Gasteiger partial charge in [-0.1, -0.05) is 238 Å². The van der Waals surface area contributed by atoms with Crippen molar-refractivity contribution in [2.75, 3.05) is 5.33 Å². The first-order chi connectivity index (χ1) is 34.7. The fourth-order valence-electron chi connectivity index (χ4n) is 12.0. The average Bonchev–Trinajstić information content (AvgIpc) is 3.78. The van der Waals surface area contributed by atoms with Crippen LogP contribution in [0.15, 0.2) is 127 Å². The third kappa shape index (κ3) is 15.9. The molecule has 7 heteroatoms. The summed E-state index contributed by atoms with van der Waals surface area (Å²) in [4.78, 5) is 0. The number of halogens is 5. The molecule has 0 unspecified atom stereocenters. The fraction of sp³-hybridized carbons (Fsp3) is 0.455. The summed E-state index contributed by atoms with van der Waals surface area (Å²) in [6, 6.07) is 41.9. The molecule has 1 nitrogen and oxygen atoms in total. The number of hydrogen-bond donors (Lipinski definition) is 0. The summed E-state index contributed by atoms with van der Waals surface area (Å²) in [7, 11) is 0. The topological polar surface area (TPSA) is 30.0 Å². The van der Waals surface area contributed by atoms with Gasteiger partial charge in [0.1, 0.15) is 0 Å². The molecule has 1 N–H and O–H groups in total. The van der Waals surface area contributed by atoms with Crippen LogP contribution in [-0.4, -0.2) is 10.8 Å². The Labute approximate surface area is 505 Å². The number of benzene rings is 6. The Morgan fingerprint density at radius 1 is 0.411 bits per heavy atom. The molecule has 4 aliphatic rings. The standard InChI is InChI=1S/C33H38Br2.C27H26Br2.C6H13Br.Na.H2O/c1-2-3-4-8-19-33(20-9-6-5-7-10-24-11-12-25-13-14-26(25)21-24)31-22-27(34)15-17-29(31)30-18-16-28(35)23-32(30)33;28-21-11-13-24-25-14-12-22(29)17-27(25)23(26(24)16-21)6-4-2-1-3-5-18-7-8-19-9-10-20(19)15-18;1-2-3-4-5-6-7;;/h11-12,15-18,21-23H,2-10,13-14,19-20H2,1H3;7-8,11-17,23H,1-6,9-10H2;2-6H2,1H3;;1H2/q;;;+1;/p-1. The molecule has 0 amide bonds. The zero-order valence-corrected chi connectivity index (χ0v) is 54.1. The Morgan fingerprint density at radius 3 is 1.23 bits per heavy atom. The predicted molar refractivity (Wildman–Crippen MR) is 327 cm³/mol. The van der Waals surface area contributed by atoms with E-state index in [-0.39, 0.29) is 40.4 Å². The molecular weight excluding hydrogens is 1230 g/mol. The van der Waals surface area contributed by atoms with Crippen molar-refractivity contribution >= 4 is 79.6 Å². The second-order valence-electron chi connectivity index (χ2n) is 21.1. The van der Waals surface area contributed by atoms with Gasteiger partial charge in [-0.25, -0.2) is 0 Å². The predicted octanol–water partition coefficient (Wildman–Crippen LogP) is 19.1. The van der Waals surface area contributed by atoms with Crippen molar-refractivity contribution in [1.29, 1.82) is 0 Å². The van der Waals surface area contributed by atoms with Gasteiger partial charge in [-0.05, 0) is 203 Å². The molecule has 0 atom stereocenters. The first-order valence-corrected chi connectivity index (χ1v) is 32.0. The van der Waals surface area contributed by atoms with Gasteiger partial charge in [0.15, 0.2) is 0 Å². The smallest absolute Gasteiger partial charge is 0.870 e. The molecule has 0 bridgehead atoms. The van der Waals surface area contributed by atoms with Gasteiger partial charge in [0.2, 0.25) is 0 Å². The van der Waals surface area contributed by atoms with E-state index in [4.69, 9.17) is 0 Å². The molecule has 0 aliphatic heterocycles. The molecule has 10 rings (SSSR count). The molecule has 0 radical (unpaired) electrons. The molecule has 6 aromatic rings. The van der Waals surface area contributed by atoms with E-state index in [1.165, 1.54) is 223 Å². The SMILES string of the molecule is Brc1ccc2c(c1)C(CCCCCCc1ccc3c(c1)CC3)c1cc(Br)ccc1-2.CCCCCCBr.CCCCCCC1(CCCCCCc2ccc3c(c2)CC3)c2cc(Br)ccc2-c2ccc(Br)cc21.[Na+].[OH-]. The molecule has 0 aromatic heterocycles. The minimum Gasteiger partial charge on any atom is -0.870 e. The van der Waals surface area contributed by atoms with Crippen molar-refractivity contribution in [3.05, 3.63) is 183 Å². The number of fused-ring (bicyclic) bond motifs is 8. The second kappa shape index (κ2) is 30.7. The quantitative estimate of drug-likeness (QED) is 0.0357. The van der Waals surface area contributed by atoms with Gasteiger partial charge in [0.25, 0.3) is 0 Å². The zero-order valence-electron chi connectivity index (χ0n) is 44.2. The first-order valence-electron chi connectivity index (χ1n) is 27.7. The van der Waals surface area contributed by atoms with Crippen LogP contribution in [0, 0.1) is 0 Å². The molecule has 0 saturated heterocycles. The number of hydrogen-bond acceptors (Lipinski definition) is 1.